The molecule has 0 spiro atoms. The Kier molecular flexibility index (Phi) is 6.82. The molecule has 0 unspecified atom stereocenters. The summed E-state index contributed by atoms with van der Waals surface area (Å²) >= 11 is 0. The second kappa shape index (κ2) is 9.52. The molecule has 3 aliphatic rings. The van der Waals surface area contributed by atoms with Crippen LogP contribution in [0.4, 0.5) is 0 Å². The Balaban J connectivity index is 0.00000160. The zero-order valence-corrected chi connectivity index (χ0v) is 18.3. The van der Waals surface area contributed by atoms with Gasteiger partial charge in [0.15, 0.2) is 0 Å². The third kappa shape index (κ3) is 4.84. The second-order valence-electron chi connectivity index (χ2n) is 10.3. The molecule has 0 saturated heterocycles. The first-order valence-corrected chi connectivity index (χ1v) is 12.3. The van der Waals surface area contributed by atoms with E-state index in [1.165, 1.54) is 64.2 Å². The molecule has 0 N–H and O–H groups in total. The molecule has 0 atom stereocenters. The van der Waals surface area contributed by atoms with E-state index < -0.39 is 0 Å². The minimum atomic E-state index is 0. The molecular weight excluding hydrogens is 336 g/mol. The van der Waals surface area contributed by atoms with Crippen LogP contribution in [0.1, 0.15) is 112 Å². The van der Waals surface area contributed by atoms with E-state index in [4.69, 9.17) is 0 Å². The van der Waals surface area contributed by atoms with Gasteiger partial charge in [0.25, 0.3) is 0 Å². The molecular formula is C28H46. The Morgan fingerprint density at radius 1 is 0.643 bits per heavy atom. The van der Waals surface area contributed by atoms with E-state index in [1.54, 1.807) is 18.4 Å². The van der Waals surface area contributed by atoms with Crippen molar-refractivity contribution in [2.45, 2.75) is 96.8 Å². The lowest BCUT2D eigenvalue weighted by Gasteiger charge is -2.41. The fraction of sp³-hybridized carbons (Fsp3) is 0.714. The summed E-state index contributed by atoms with van der Waals surface area (Å²) in [4.78, 5) is 0. The number of hydrogen-bond donors (Lipinski definition) is 0. The minimum Gasteiger partial charge on any atom is -0.101 e. The summed E-state index contributed by atoms with van der Waals surface area (Å²) in [7, 11) is 0. The molecule has 158 valence electrons. The van der Waals surface area contributed by atoms with Gasteiger partial charge in [-0.2, -0.15) is 0 Å². The van der Waals surface area contributed by atoms with Crippen molar-refractivity contribution >= 4 is 0 Å². The first-order valence-electron chi connectivity index (χ1n) is 12.3. The minimum absolute atomic E-state index is 0. The highest BCUT2D eigenvalue weighted by atomic mass is 14.4. The fourth-order valence-electron chi connectivity index (χ4n) is 6.75. The Labute approximate surface area is 178 Å². The Hall–Kier alpha value is -1.22. The zero-order chi connectivity index (χ0) is 19.3. The van der Waals surface area contributed by atoms with Crippen LogP contribution < -0.4 is 0 Å². The molecule has 3 fully saturated rings. The van der Waals surface area contributed by atoms with Crippen molar-refractivity contribution in [3.05, 3.63) is 35.4 Å². The summed E-state index contributed by atoms with van der Waals surface area (Å²) < 4.78 is 0. The van der Waals surface area contributed by atoms with E-state index in [2.05, 4.69) is 43.0 Å². The average molecular weight is 383 g/mol. The lowest BCUT2D eigenvalue weighted by molar-refractivity contribution is 0.112. The number of hydrogen-bond acceptors (Lipinski definition) is 0. The van der Waals surface area contributed by atoms with Crippen LogP contribution in [0.25, 0.3) is 0 Å². The molecule has 0 heterocycles. The molecule has 28 heavy (non-hydrogen) atoms. The van der Waals surface area contributed by atoms with Gasteiger partial charge < -0.3 is 0 Å². The van der Waals surface area contributed by atoms with Gasteiger partial charge in [-0.05, 0) is 124 Å². The van der Waals surface area contributed by atoms with Crippen LogP contribution >= 0.6 is 0 Å². The van der Waals surface area contributed by atoms with E-state index in [-0.39, 0.29) is 4.28 Å². The van der Waals surface area contributed by atoms with Gasteiger partial charge in [-0.25, -0.2) is 0 Å². The number of benzene rings is 1. The molecule has 3 aliphatic carbocycles. The first kappa shape index (κ1) is 20.1. The largest absolute Gasteiger partial charge is 0.101 e. The maximum atomic E-state index is 3.17. The van der Waals surface area contributed by atoms with Gasteiger partial charge in [0.2, 0.25) is 0 Å². The smallest absolute Gasteiger partial charge is 0.0245 e. The molecule has 4 rings (SSSR count). The molecule has 1 aromatic rings. The van der Waals surface area contributed by atoms with Crippen molar-refractivity contribution in [2.75, 3.05) is 0 Å². The summed E-state index contributed by atoms with van der Waals surface area (Å²) in [5.74, 6) is 12.2. The maximum Gasteiger partial charge on any atom is 0.0245 e. The summed E-state index contributed by atoms with van der Waals surface area (Å²) in [6.45, 7) is 4.37. The zero-order valence-electron chi connectivity index (χ0n) is 18.3. The molecule has 0 aliphatic heterocycles. The monoisotopic (exact) mass is 382 g/mol. The summed E-state index contributed by atoms with van der Waals surface area (Å²) in [5.41, 5.74) is 2.71. The van der Waals surface area contributed by atoms with E-state index >= 15 is 0 Å². The summed E-state index contributed by atoms with van der Waals surface area (Å²) in [6.07, 6.45) is 18.0. The van der Waals surface area contributed by atoms with Crippen LogP contribution in [0, 0.1) is 41.4 Å². The average Bonchev–Trinajstić information content (AvgIpc) is 2.75. The first-order chi connectivity index (χ1) is 13.7. The maximum absolute atomic E-state index is 3.17. The second-order valence-corrected chi connectivity index (χ2v) is 10.3. The van der Waals surface area contributed by atoms with Gasteiger partial charge in [-0.1, -0.05) is 37.8 Å². The molecule has 0 radical (unpaired) electrons. The predicted molar refractivity (Wildman–Crippen MR) is 127 cm³/mol. The van der Waals surface area contributed by atoms with Crippen molar-refractivity contribution in [3.8, 4) is 11.8 Å². The van der Waals surface area contributed by atoms with Crippen molar-refractivity contribution in [1.29, 1.82) is 0 Å². The van der Waals surface area contributed by atoms with Crippen molar-refractivity contribution in [2.24, 2.45) is 29.6 Å². The normalized spacial score (nSPS) is 36.4. The predicted octanol–water partition coefficient (Wildman–Crippen LogP) is 8.70. The third-order valence-electron chi connectivity index (χ3n) is 8.63. The quantitative estimate of drug-likeness (QED) is 0.458. The van der Waals surface area contributed by atoms with Gasteiger partial charge in [-0.3, -0.25) is 0 Å². The number of rotatable bonds is 3. The third-order valence-corrected chi connectivity index (χ3v) is 8.63. The standard InChI is InChI=1S/C28H40.3H2/c1-3-4-22-7-11-24(12-8-22)26-15-19-28(20-16-26)27-17-13-25(14-18-27)23-9-5-21(2)6-10-23;;;/h7-8,11-12,21,23,25-28H,5-6,9-10,13-20H2,1-2H3;3*1H. The van der Waals surface area contributed by atoms with Crippen LogP contribution in [-0.2, 0) is 0 Å². The van der Waals surface area contributed by atoms with Crippen molar-refractivity contribution in [1.82, 2.24) is 0 Å². The summed E-state index contributed by atoms with van der Waals surface area (Å²) in [5, 5.41) is 0. The lowest BCUT2D eigenvalue weighted by Crippen LogP contribution is -2.29. The van der Waals surface area contributed by atoms with Crippen LogP contribution in [0.5, 0.6) is 0 Å². The molecule has 0 bridgehead atoms. The Bertz CT molecular complexity index is 662. The van der Waals surface area contributed by atoms with Crippen molar-refractivity contribution < 1.29 is 4.28 Å². The Morgan fingerprint density at radius 3 is 1.54 bits per heavy atom. The fourth-order valence-corrected chi connectivity index (χ4v) is 6.75. The highest BCUT2D eigenvalue weighted by molar-refractivity contribution is 5.36. The van der Waals surface area contributed by atoms with Crippen LogP contribution in [0.3, 0.4) is 0 Å². The highest BCUT2D eigenvalue weighted by Crippen LogP contribution is 2.47. The summed E-state index contributed by atoms with van der Waals surface area (Å²) in [6, 6.07) is 9.10. The van der Waals surface area contributed by atoms with Gasteiger partial charge in [0.1, 0.15) is 0 Å². The highest BCUT2D eigenvalue weighted by Gasteiger charge is 2.34. The topological polar surface area (TPSA) is 0 Å². The van der Waals surface area contributed by atoms with E-state index in [1.807, 2.05) is 6.92 Å². The van der Waals surface area contributed by atoms with Crippen LogP contribution in [-0.4, -0.2) is 0 Å². The van der Waals surface area contributed by atoms with Gasteiger partial charge in [0, 0.05) is 9.84 Å². The molecule has 3 saturated carbocycles. The van der Waals surface area contributed by atoms with E-state index in [9.17, 15) is 0 Å². The molecule has 0 heteroatoms. The molecule has 1 aromatic carbocycles. The SMILES string of the molecule is CC#Cc1ccc(C2CCC(C3CCC(C4CCC(C)CC4)CC3)CC2)cc1.[HH].[HH].[HH]. The van der Waals surface area contributed by atoms with E-state index in [0.717, 1.165) is 41.1 Å². The van der Waals surface area contributed by atoms with Gasteiger partial charge in [-0.15, -0.1) is 5.92 Å². The Morgan fingerprint density at radius 2 is 1.07 bits per heavy atom. The van der Waals surface area contributed by atoms with E-state index in [0.29, 0.717) is 0 Å². The van der Waals surface area contributed by atoms with Gasteiger partial charge >= 0.3 is 0 Å². The molecule has 0 amide bonds. The van der Waals surface area contributed by atoms with Crippen LogP contribution in [0.15, 0.2) is 24.3 Å². The lowest BCUT2D eigenvalue weighted by atomic mass is 9.65. The van der Waals surface area contributed by atoms with Gasteiger partial charge in [0.05, 0.1) is 0 Å². The van der Waals surface area contributed by atoms with Crippen LogP contribution in [0.2, 0.25) is 0 Å². The molecule has 0 aromatic heterocycles. The van der Waals surface area contributed by atoms with Crippen molar-refractivity contribution in [3.63, 3.8) is 0 Å². The molecule has 0 nitrogen and oxygen atoms in total.